The maximum Gasteiger partial charge on any atom is 0.237 e. The molecule has 0 saturated heterocycles. The third-order valence-corrected chi connectivity index (χ3v) is 5.20. The number of hydrogen-bond acceptors (Lipinski definition) is 3. The van der Waals surface area contributed by atoms with Gasteiger partial charge < -0.3 is 10.4 Å². The average Bonchev–Trinajstić information content (AvgIpc) is 3.40. The molecule has 23 heavy (non-hydrogen) atoms. The predicted octanol–water partition coefficient (Wildman–Crippen LogP) is 3.47. The summed E-state index contributed by atoms with van der Waals surface area (Å²) in [4.78, 5) is 12.5. The Kier molecular flexibility index (Phi) is 5.36. The number of thioether (sulfide) groups is 1. The molecule has 0 aliphatic heterocycles. The van der Waals surface area contributed by atoms with Crippen molar-refractivity contribution in [1.29, 1.82) is 0 Å². The molecular weight excluding hydrogens is 306 g/mol. The summed E-state index contributed by atoms with van der Waals surface area (Å²) in [6.45, 7) is 0. The zero-order valence-corrected chi connectivity index (χ0v) is 13.7. The number of rotatable bonds is 7. The summed E-state index contributed by atoms with van der Waals surface area (Å²) in [5.74, 6) is 0.533. The summed E-state index contributed by atoms with van der Waals surface area (Å²) in [5, 5.41) is 13.1. The number of aliphatic hydroxyl groups is 1. The van der Waals surface area contributed by atoms with E-state index in [9.17, 15) is 9.90 Å². The lowest BCUT2D eigenvalue weighted by atomic mass is 10.1. The van der Waals surface area contributed by atoms with Crippen LogP contribution < -0.4 is 5.32 Å². The van der Waals surface area contributed by atoms with Gasteiger partial charge in [-0.25, -0.2) is 0 Å². The molecule has 1 amide bonds. The van der Waals surface area contributed by atoms with Crippen molar-refractivity contribution in [3.05, 3.63) is 71.8 Å². The van der Waals surface area contributed by atoms with Crippen LogP contribution in [0.3, 0.4) is 0 Å². The van der Waals surface area contributed by atoms with Crippen LogP contribution in [0.2, 0.25) is 0 Å². The fourth-order valence-electron chi connectivity index (χ4n) is 2.41. The molecule has 1 fully saturated rings. The summed E-state index contributed by atoms with van der Waals surface area (Å²) in [6, 6.07) is 19.7. The summed E-state index contributed by atoms with van der Waals surface area (Å²) < 4.78 is 0. The smallest absolute Gasteiger partial charge is 0.237 e. The number of amides is 1. The molecule has 0 bridgehead atoms. The fraction of sp³-hybridized carbons (Fsp3) is 0.316. The Labute approximate surface area is 141 Å². The van der Waals surface area contributed by atoms with Crippen molar-refractivity contribution >= 4 is 17.7 Å². The van der Waals surface area contributed by atoms with Gasteiger partial charge in [0.25, 0.3) is 0 Å². The van der Waals surface area contributed by atoms with Gasteiger partial charge in [-0.2, -0.15) is 0 Å². The Morgan fingerprint density at radius 2 is 1.61 bits per heavy atom. The van der Waals surface area contributed by atoms with Gasteiger partial charge in [0.2, 0.25) is 5.91 Å². The summed E-state index contributed by atoms with van der Waals surface area (Å²) in [5.41, 5.74) is 1.87. The first kappa shape index (κ1) is 16.1. The highest BCUT2D eigenvalue weighted by molar-refractivity contribution is 8.00. The van der Waals surface area contributed by atoms with Crippen molar-refractivity contribution in [3.63, 3.8) is 0 Å². The zero-order chi connectivity index (χ0) is 16.1. The van der Waals surface area contributed by atoms with Gasteiger partial charge in [0.05, 0.1) is 6.10 Å². The molecule has 0 heterocycles. The number of aliphatic hydroxyl groups excluding tert-OH is 1. The van der Waals surface area contributed by atoms with Crippen molar-refractivity contribution in [2.75, 3.05) is 5.75 Å². The third kappa shape index (κ3) is 4.60. The molecule has 2 atom stereocenters. The fourth-order valence-corrected chi connectivity index (χ4v) is 3.55. The van der Waals surface area contributed by atoms with Crippen LogP contribution in [0.15, 0.2) is 60.7 Å². The number of carbonyl (C=O) groups excluding carboxylic acids is 1. The van der Waals surface area contributed by atoms with Crippen LogP contribution in [0, 0.1) is 0 Å². The first-order valence-corrected chi connectivity index (χ1v) is 8.99. The second-order valence-electron chi connectivity index (χ2n) is 5.83. The molecule has 1 aliphatic carbocycles. The molecule has 1 aliphatic rings. The highest BCUT2D eigenvalue weighted by Crippen LogP contribution is 2.33. The van der Waals surface area contributed by atoms with E-state index in [0.717, 1.165) is 24.0 Å². The van der Waals surface area contributed by atoms with Gasteiger partial charge in [0, 0.05) is 11.8 Å². The second kappa shape index (κ2) is 7.66. The van der Waals surface area contributed by atoms with Crippen LogP contribution in [-0.2, 0) is 4.79 Å². The van der Waals surface area contributed by atoms with Gasteiger partial charge in [-0.15, -0.1) is 11.8 Å². The highest BCUT2D eigenvalue weighted by Gasteiger charge is 2.29. The molecular formula is C19H21NO2S. The van der Waals surface area contributed by atoms with Crippen molar-refractivity contribution in [2.45, 2.75) is 30.2 Å². The van der Waals surface area contributed by atoms with Crippen LogP contribution in [0.4, 0.5) is 0 Å². The van der Waals surface area contributed by atoms with Gasteiger partial charge in [-0.3, -0.25) is 4.79 Å². The largest absolute Gasteiger partial charge is 0.388 e. The van der Waals surface area contributed by atoms with Crippen LogP contribution in [0.25, 0.3) is 0 Å². The van der Waals surface area contributed by atoms with Crippen molar-refractivity contribution < 1.29 is 9.90 Å². The van der Waals surface area contributed by atoms with Crippen molar-refractivity contribution in [2.24, 2.45) is 0 Å². The van der Waals surface area contributed by atoms with E-state index in [-0.39, 0.29) is 11.2 Å². The van der Waals surface area contributed by atoms with Crippen LogP contribution in [-0.4, -0.2) is 22.8 Å². The van der Waals surface area contributed by atoms with E-state index in [1.165, 1.54) is 11.8 Å². The lowest BCUT2D eigenvalue weighted by Gasteiger charge is -2.19. The summed E-state index contributed by atoms with van der Waals surface area (Å²) in [7, 11) is 0. The van der Waals surface area contributed by atoms with Crippen LogP contribution in [0.1, 0.15) is 35.3 Å². The average molecular weight is 327 g/mol. The van der Waals surface area contributed by atoms with E-state index in [1.807, 2.05) is 60.7 Å². The quantitative estimate of drug-likeness (QED) is 0.818. The molecule has 0 unspecified atom stereocenters. The van der Waals surface area contributed by atoms with Gasteiger partial charge in [-0.1, -0.05) is 60.7 Å². The molecule has 0 radical (unpaired) electrons. The zero-order valence-electron chi connectivity index (χ0n) is 12.9. The van der Waals surface area contributed by atoms with E-state index in [0.29, 0.717) is 11.8 Å². The molecule has 2 aromatic carbocycles. The molecule has 120 valence electrons. The molecule has 2 aromatic rings. The number of nitrogens with one attached hydrogen (secondary N) is 1. The monoisotopic (exact) mass is 327 g/mol. The lowest BCUT2D eigenvalue weighted by molar-refractivity contribution is -0.120. The minimum atomic E-state index is -0.568. The first-order valence-electron chi connectivity index (χ1n) is 7.94. The van der Waals surface area contributed by atoms with Crippen molar-refractivity contribution in [1.82, 2.24) is 5.32 Å². The van der Waals surface area contributed by atoms with E-state index in [4.69, 9.17) is 0 Å². The van der Waals surface area contributed by atoms with E-state index in [2.05, 4.69) is 5.32 Å². The summed E-state index contributed by atoms with van der Waals surface area (Å²) >= 11 is 1.49. The molecule has 3 rings (SSSR count). The molecule has 2 N–H and O–H groups in total. The van der Waals surface area contributed by atoms with Crippen molar-refractivity contribution in [3.8, 4) is 0 Å². The Morgan fingerprint density at radius 1 is 1.04 bits per heavy atom. The molecule has 1 saturated carbocycles. The van der Waals surface area contributed by atoms with Crippen LogP contribution >= 0.6 is 11.8 Å². The molecule has 0 spiro atoms. The Morgan fingerprint density at radius 3 is 2.17 bits per heavy atom. The van der Waals surface area contributed by atoms with E-state index in [1.54, 1.807) is 0 Å². The minimum Gasteiger partial charge on any atom is -0.388 e. The Bertz CT molecular complexity index is 628. The normalized spacial score (nSPS) is 16.6. The Hall–Kier alpha value is -1.78. The molecule has 3 nitrogen and oxygen atoms in total. The molecule has 0 aromatic heterocycles. The van der Waals surface area contributed by atoms with Gasteiger partial charge in [0.15, 0.2) is 0 Å². The summed E-state index contributed by atoms with van der Waals surface area (Å²) in [6.07, 6.45) is 1.58. The third-order valence-electron chi connectivity index (χ3n) is 3.87. The SMILES string of the molecule is O=C(NC1CC1)[C@@H](SC[C@H](O)c1ccccc1)c1ccccc1. The predicted molar refractivity (Wildman–Crippen MR) is 94.2 cm³/mol. The topological polar surface area (TPSA) is 49.3 Å². The van der Waals surface area contributed by atoms with Gasteiger partial charge >= 0.3 is 0 Å². The first-order chi connectivity index (χ1) is 11.2. The van der Waals surface area contributed by atoms with E-state index < -0.39 is 6.10 Å². The number of carbonyl (C=O) groups is 1. The highest BCUT2D eigenvalue weighted by atomic mass is 32.2. The maximum absolute atomic E-state index is 12.5. The van der Waals surface area contributed by atoms with Gasteiger partial charge in [0.1, 0.15) is 5.25 Å². The lowest BCUT2D eigenvalue weighted by Crippen LogP contribution is -2.30. The molecule has 4 heteroatoms. The van der Waals surface area contributed by atoms with E-state index >= 15 is 0 Å². The second-order valence-corrected chi connectivity index (χ2v) is 6.97. The maximum atomic E-state index is 12.5. The van der Waals surface area contributed by atoms with Gasteiger partial charge in [-0.05, 0) is 24.0 Å². The number of benzene rings is 2. The standard InChI is InChI=1S/C19H21NO2S/c21-17(14-7-3-1-4-8-14)13-23-18(15-9-5-2-6-10-15)19(22)20-16-11-12-16/h1-10,16-18,21H,11-13H2,(H,20,22)/t17-,18-/m0/s1. The minimum absolute atomic E-state index is 0.0453. The number of hydrogen-bond donors (Lipinski definition) is 2. The Balaban J connectivity index is 1.67. The van der Waals surface area contributed by atoms with Crippen LogP contribution in [0.5, 0.6) is 0 Å².